The lowest BCUT2D eigenvalue weighted by atomic mass is 10.2. The minimum Gasteiger partial charge on any atom is -0.497 e. The topological polar surface area (TPSA) is 109 Å². The number of anilines is 2. The van der Waals surface area contributed by atoms with Crippen LogP contribution in [0.5, 0.6) is 5.75 Å². The van der Waals surface area contributed by atoms with Crippen LogP contribution in [-0.4, -0.2) is 30.5 Å². The van der Waals surface area contributed by atoms with Gasteiger partial charge in [0.15, 0.2) is 0 Å². The van der Waals surface area contributed by atoms with Crippen LogP contribution in [0.4, 0.5) is 11.4 Å². The maximum Gasteiger partial charge on any atom is 0.267 e. The van der Waals surface area contributed by atoms with Crippen LogP contribution in [0.3, 0.4) is 0 Å². The van der Waals surface area contributed by atoms with E-state index in [1.807, 2.05) is 30.3 Å². The van der Waals surface area contributed by atoms with Crippen LogP contribution in [0.15, 0.2) is 48.5 Å². The Labute approximate surface area is 163 Å². The molecule has 0 radical (unpaired) electrons. The van der Waals surface area contributed by atoms with Gasteiger partial charge < -0.3 is 26.1 Å². The molecule has 7 nitrogen and oxygen atoms in total. The number of nitrogens with one attached hydrogen (secondary N) is 3. The quantitative estimate of drug-likeness (QED) is 0.355. The van der Waals surface area contributed by atoms with Crippen molar-refractivity contribution in [3.63, 3.8) is 0 Å². The molecule has 2 aromatic carbocycles. The highest BCUT2D eigenvalue weighted by Crippen LogP contribution is 2.21. The molecule has 0 saturated heterocycles. The maximum absolute atomic E-state index is 12.3. The highest BCUT2D eigenvalue weighted by atomic mass is 16.5. The number of amides is 2. The van der Waals surface area contributed by atoms with E-state index >= 15 is 0 Å². The summed E-state index contributed by atoms with van der Waals surface area (Å²) in [4.78, 5) is 27.3. The molecule has 1 heterocycles. The highest BCUT2D eigenvalue weighted by molar-refractivity contribution is 5.98. The number of carbonyl (C=O) groups is 2. The Morgan fingerprint density at radius 1 is 1.11 bits per heavy atom. The van der Waals surface area contributed by atoms with Crippen LogP contribution in [0.25, 0.3) is 10.9 Å². The third-order valence-electron chi connectivity index (χ3n) is 4.42. The predicted octanol–water partition coefficient (Wildman–Crippen LogP) is 3.30. The standard InChI is InChI=1S/C21H24N4O3/c1-28-15-9-10-17-14(12-15)13-19(24-17)21(27)23-11-5-4-8-20(26)25-18-7-3-2-6-16(18)22/h2-3,6-7,9-10,12-13,24H,4-5,8,11,22H2,1H3,(H,23,27)(H,25,26). The number of para-hydroxylation sites is 2. The van der Waals surface area contributed by atoms with Crippen molar-refractivity contribution >= 4 is 34.1 Å². The smallest absolute Gasteiger partial charge is 0.267 e. The summed E-state index contributed by atoms with van der Waals surface area (Å²) in [6.07, 6.45) is 1.75. The lowest BCUT2D eigenvalue weighted by Crippen LogP contribution is -2.25. The van der Waals surface area contributed by atoms with Gasteiger partial charge in [-0.1, -0.05) is 12.1 Å². The van der Waals surface area contributed by atoms with E-state index in [0.29, 0.717) is 42.9 Å². The number of rotatable bonds is 8. The van der Waals surface area contributed by atoms with Gasteiger partial charge in [-0.15, -0.1) is 0 Å². The minimum atomic E-state index is -0.170. The summed E-state index contributed by atoms with van der Waals surface area (Å²) >= 11 is 0. The fourth-order valence-electron chi connectivity index (χ4n) is 2.89. The fourth-order valence-corrected chi connectivity index (χ4v) is 2.89. The summed E-state index contributed by atoms with van der Waals surface area (Å²) < 4.78 is 5.19. The molecule has 146 valence electrons. The lowest BCUT2D eigenvalue weighted by molar-refractivity contribution is -0.116. The predicted molar refractivity (Wildman–Crippen MR) is 111 cm³/mol. The van der Waals surface area contributed by atoms with E-state index in [0.717, 1.165) is 16.7 Å². The number of fused-ring (bicyclic) bond motifs is 1. The summed E-state index contributed by atoms with van der Waals surface area (Å²) in [5, 5.41) is 6.58. The number of nitrogen functional groups attached to an aromatic ring is 1. The zero-order valence-electron chi connectivity index (χ0n) is 15.7. The molecule has 0 aliphatic heterocycles. The third kappa shape index (κ3) is 4.82. The molecule has 0 fully saturated rings. The maximum atomic E-state index is 12.3. The number of H-pyrrole nitrogens is 1. The molecule has 5 N–H and O–H groups in total. The Balaban J connectivity index is 1.41. The molecule has 0 aliphatic rings. The van der Waals surface area contributed by atoms with Crippen LogP contribution >= 0.6 is 0 Å². The summed E-state index contributed by atoms with van der Waals surface area (Å²) in [6, 6.07) is 14.5. The van der Waals surface area contributed by atoms with E-state index in [9.17, 15) is 9.59 Å². The van der Waals surface area contributed by atoms with Crippen molar-refractivity contribution in [1.82, 2.24) is 10.3 Å². The number of unbranched alkanes of at least 4 members (excludes halogenated alkanes) is 1. The SMILES string of the molecule is COc1ccc2[nH]c(C(=O)NCCCCC(=O)Nc3ccccc3N)cc2c1. The normalized spacial score (nSPS) is 10.6. The fraction of sp³-hybridized carbons (Fsp3) is 0.238. The Hall–Kier alpha value is -3.48. The average Bonchev–Trinajstić information content (AvgIpc) is 3.12. The summed E-state index contributed by atoms with van der Waals surface area (Å²) in [5.74, 6) is 0.486. The Kier molecular flexibility index (Phi) is 6.16. The second kappa shape index (κ2) is 8.94. The van der Waals surface area contributed by atoms with E-state index in [2.05, 4.69) is 15.6 Å². The number of carbonyl (C=O) groups excluding carboxylic acids is 2. The third-order valence-corrected chi connectivity index (χ3v) is 4.42. The van der Waals surface area contributed by atoms with E-state index < -0.39 is 0 Å². The van der Waals surface area contributed by atoms with Crippen molar-refractivity contribution in [2.24, 2.45) is 0 Å². The molecule has 28 heavy (non-hydrogen) atoms. The van der Waals surface area contributed by atoms with Gasteiger partial charge in [-0.05, 0) is 49.2 Å². The number of hydrogen-bond donors (Lipinski definition) is 4. The van der Waals surface area contributed by atoms with Crippen LogP contribution in [0.2, 0.25) is 0 Å². The molecule has 3 rings (SSSR count). The van der Waals surface area contributed by atoms with Gasteiger partial charge in [-0.2, -0.15) is 0 Å². The molecule has 7 heteroatoms. The van der Waals surface area contributed by atoms with Gasteiger partial charge in [0.2, 0.25) is 5.91 Å². The first-order chi connectivity index (χ1) is 13.6. The highest BCUT2D eigenvalue weighted by Gasteiger charge is 2.10. The molecule has 3 aromatic rings. The summed E-state index contributed by atoms with van der Waals surface area (Å²) in [6.45, 7) is 0.498. The van der Waals surface area contributed by atoms with Crippen molar-refractivity contribution in [1.29, 1.82) is 0 Å². The van der Waals surface area contributed by atoms with Gasteiger partial charge in [-0.3, -0.25) is 9.59 Å². The second-order valence-corrected chi connectivity index (χ2v) is 6.48. The first-order valence-corrected chi connectivity index (χ1v) is 9.16. The largest absolute Gasteiger partial charge is 0.497 e. The number of ether oxygens (including phenoxy) is 1. The molecule has 0 aliphatic carbocycles. The molecule has 0 unspecified atom stereocenters. The van der Waals surface area contributed by atoms with E-state index in [1.165, 1.54) is 0 Å². The Morgan fingerprint density at radius 3 is 2.71 bits per heavy atom. The molecule has 0 spiro atoms. The average molecular weight is 380 g/mol. The van der Waals surface area contributed by atoms with Gasteiger partial charge in [-0.25, -0.2) is 0 Å². The first kappa shape index (κ1) is 19.3. The van der Waals surface area contributed by atoms with Crippen molar-refractivity contribution in [2.45, 2.75) is 19.3 Å². The number of hydrogen-bond acceptors (Lipinski definition) is 4. The van der Waals surface area contributed by atoms with E-state index in [-0.39, 0.29) is 11.8 Å². The Bertz CT molecular complexity index is 981. The van der Waals surface area contributed by atoms with Crippen LogP contribution < -0.4 is 21.1 Å². The van der Waals surface area contributed by atoms with Crippen molar-refractivity contribution in [2.75, 3.05) is 24.7 Å². The van der Waals surface area contributed by atoms with Gasteiger partial charge in [0.25, 0.3) is 5.91 Å². The van der Waals surface area contributed by atoms with Gasteiger partial charge >= 0.3 is 0 Å². The van der Waals surface area contributed by atoms with Crippen LogP contribution in [-0.2, 0) is 4.79 Å². The van der Waals surface area contributed by atoms with E-state index in [4.69, 9.17) is 10.5 Å². The Morgan fingerprint density at radius 2 is 1.93 bits per heavy atom. The van der Waals surface area contributed by atoms with Crippen LogP contribution in [0.1, 0.15) is 29.8 Å². The monoisotopic (exact) mass is 380 g/mol. The van der Waals surface area contributed by atoms with Crippen molar-refractivity contribution in [3.8, 4) is 5.75 Å². The zero-order chi connectivity index (χ0) is 19.9. The van der Waals surface area contributed by atoms with Crippen molar-refractivity contribution in [3.05, 3.63) is 54.2 Å². The molecular weight excluding hydrogens is 356 g/mol. The summed E-state index contributed by atoms with van der Waals surface area (Å²) in [5.41, 5.74) is 8.35. The number of benzene rings is 2. The number of aromatic nitrogens is 1. The molecule has 0 saturated carbocycles. The molecule has 0 atom stereocenters. The minimum absolute atomic E-state index is 0.0891. The first-order valence-electron chi connectivity index (χ1n) is 9.16. The molecular formula is C21H24N4O3. The number of nitrogens with two attached hydrogens (primary N) is 1. The van der Waals surface area contributed by atoms with Gasteiger partial charge in [0.05, 0.1) is 18.5 Å². The summed E-state index contributed by atoms with van der Waals surface area (Å²) in [7, 11) is 1.61. The van der Waals surface area contributed by atoms with Gasteiger partial charge in [0, 0.05) is 23.9 Å². The number of aromatic amines is 1. The molecule has 1 aromatic heterocycles. The van der Waals surface area contributed by atoms with Crippen molar-refractivity contribution < 1.29 is 14.3 Å². The molecule has 0 bridgehead atoms. The second-order valence-electron chi connectivity index (χ2n) is 6.48. The molecule has 2 amide bonds. The van der Waals surface area contributed by atoms with Gasteiger partial charge in [0.1, 0.15) is 11.4 Å². The number of methoxy groups -OCH3 is 1. The zero-order valence-corrected chi connectivity index (χ0v) is 15.7. The van der Waals surface area contributed by atoms with E-state index in [1.54, 1.807) is 25.3 Å². The van der Waals surface area contributed by atoms with Crippen LogP contribution in [0, 0.1) is 0 Å². The lowest BCUT2D eigenvalue weighted by Gasteiger charge is -2.08.